The van der Waals surface area contributed by atoms with Crippen molar-refractivity contribution in [3.8, 4) is 5.75 Å². The summed E-state index contributed by atoms with van der Waals surface area (Å²) in [6.07, 6.45) is 3.11. The maximum absolute atomic E-state index is 12.5. The lowest BCUT2D eigenvalue weighted by molar-refractivity contribution is -0.385. The quantitative estimate of drug-likeness (QED) is 0.638. The van der Waals surface area contributed by atoms with Crippen LogP contribution in [0.5, 0.6) is 5.75 Å². The number of carbonyl (C=O) groups excluding carboxylic acids is 1. The molecule has 2 aliphatic heterocycles. The number of carbonyl (C=O) groups is 1. The van der Waals surface area contributed by atoms with Crippen LogP contribution < -0.4 is 5.32 Å². The molecule has 2 aliphatic rings. The number of aromatic hydroxyl groups is 1. The van der Waals surface area contributed by atoms with Crippen LogP contribution in [0.2, 0.25) is 0 Å². The molecule has 3 rings (SSSR count). The number of amides is 1. The third-order valence-electron chi connectivity index (χ3n) is 4.86. The van der Waals surface area contributed by atoms with E-state index in [2.05, 4.69) is 5.32 Å². The molecular formula is C15H19N3O4. The fourth-order valence-corrected chi connectivity index (χ4v) is 3.40. The van der Waals surface area contributed by atoms with Crippen LogP contribution >= 0.6 is 0 Å². The molecule has 2 heterocycles. The van der Waals surface area contributed by atoms with Crippen molar-refractivity contribution in [3.63, 3.8) is 0 Å². The number of phenolic OH excluding ortho intramolecular Hbond substituents is 1. The Bertz CT molecular complexity index is 601. The molecule has 0 radical (unpaired) electrons. The van der Waals surface area contributed by atoms with Gasteiger partial charge in [0.05, 0.1) is 4.92 Å². The van der Waals surface area contributed by atoms with Gasteiger partial charge in [0.15, 0.2) is 5.75 Å². The molecule has 22 heavy (non-hydrogen) atoms. The summed E-state index contributed by atoms with van der Waals surface area (Å²) in [6, 6.07) is 3.76. The van der Waals surface area contributed by atoms with Crippen LogP contribution in [0.15, 0.2) is 18.2 Å². The Hall–Kier alpha value is -2.15. The van der Waals surface area contributed by atoms with Crippen molar-refractivity contribution < 1.29 is 14.8 Å². The molecule has 0 saturated carbocycles. The summed E-state index contributed by atoms with van der Waals surface area (Å²) in [4.78, 5) is 24.3. The van der Waals surface area contributed by atoms with Crippen molar-refractivity contribution in [1.82, 2.24) is 10.2 Å². The van der Waals surface area contributed by atoms with E-state index in [1.54, 1.807) is 4.90 Å². The van der Waals surface area contributed by atoms with Gasteiger partial charge in [-0.2, -0.15) is 0 Å². The Balaban J connectivity index is 1.70. The number of benzene rings is 1. The SMILES string of the molecule is O=C(c1ccc([N+](=O)[O-])c(O)c1)N1CCC2(CCNC2)CC1. The summed E-state index contributed by atoms with van der Waals surface area (Å²) >= 11 is 0. The minimum absolute atomic E-state index is 0.175. The third kappa shape index (κ3) is 2.64. The van der Waals surface area contributed by atoms with Gasteiger partial charge in [0.25, 0.3) is 5.91 Å². The zero-order valence-corrected chi connectivity index (χ0v) is 12.2. The molecule has 2 N–H and O–H groups in total. The fraction of sp³-hybridized carbons (Fsp3) is 0.533. The summed E-state index contributed by atoms with van der Waals surface area (Å²) in [5.74, 6) is -0.643. The van der Waals surface area contributed by atoms with Crippen LogP contribution in [0.1, 0.15) is 29.6 Å². The van der Waals surface area contributed by atoms with E-state index in [-0.39, 0.29) is 11.6 Å². The normalized spacial score (nSPS) is 20.3. The van der Waals surface area contributed by atoms with Gasteiger partial charge in [0.2, 0.25) is 0 Å². The number of hydrogen-bond acceptors (Lipinski definition) is 5. The van der Waals surface area contributed by atoms with Crippen LogP contribution in [-0.2, 0) is 0 Å². The highest BCUT2D eigenvalue weighted by molar-refractivity contribution is 5.95. The highest BCUT2D eigenvalue weighted by Gasteiger charge is 2.38. The van der Waals surface area contributed by atoms with Crippen molar-refractivity contribution in [2.75, 3.05) is 26.2 Å². The van der Waals surface area contributed by atoms with E-state index in [0.29, 0.717) is 24.1 Å². The number of nitrogens with one attached hydrogen (secondary N) is 1. The summed E-state index contributed by atoms with van der Waals surface area (Å²) in [5, 5.41) is 23.7. The van der Waals surface area contributed by atoms with Crippen LogP contribution in [0.4, 0.5) is 5.69 Å². The van der Waals surface area contributed by atoms with E-state index < -0.39 is 10.7 Å². The molecule has 2 saturated heterocycles. The van der Waals surface area contributed by atoms with E-state index in [0.717, 1.165) is 32.4 Å². The summed E-state index contributed by atoms with van der Waals surface area (Å²) in [7, 11) is 0. The molecule has 2 fully saturated rings. The first-order valence-corrected chi connectivity index (χ1v) is 7.48. The molecule has 1 aromatic carbocycles. The number of nitro groups is 1. The van der Waals surface area contributed by atoms with Crippen molar-refractivity contribution in [1.29, 1.82) is 0 Å². The molecule has 1 amide bonds. The molecule has 118 valence electrons. The summed E-state index contributed by atoms with van der Waals surface area (Å²) in [6.45, 7) is 3.45. The number of likely N-dealkylation sites (tertiary alicyclic amines) is 1. The van der Waals surface area contributed by atoms with E-state index in [9.17, 15) is 20.0 Å². The zero-order chi connectivity index (χ0) is 15.7. The van der Waals surface area contributed by atoms with Gasteiger partial charge in [-0.05, 0) is 43.4 Å². The molecule has 0 unspecified atom stereocenters. The third-order valence-corrected chi connectivity index (χ3v) is 4.86. The van der Waals surface area contributed by atoms with Crippen LogP contribution in [0, 0.1) is 15.5 Å². The first kappa shape index (κ1) is 14.8. The second-order valence-corrected chi connectivity index (χ2v) is 6.18. The van der Waals surface area contributed by atoms with Gasteiger partial charge < -0.3 is 15.3 Å². The van der Waals surface area contributed by atoms with Crippen molar-refractivity contribution in [2.45, 2.75) is 19.3 Å². The van der Waals surface area contributed by atoms with Crippen LogP contribution in [0.3, 0.4) is 0 Å². The lowest BCUT2D eigenvalue weighted by Gasteiger charge is -2.38. The van der Waals surface area contributed by atoms with Gasteiger partial charge in [0.1, 0.15) is 0 Å². The van der Waals surface area contributed by atoms with Gasteiger partial charge in [-0.3, -0.25) is 14.9 Å². The maximum atomic E-state index is 12.5. The first-order chi connectivity index (χ1) is 10.5. The molecule has 7 nitrogen and oxygen atoms in total. The zero-order valence-electron chi connectivity index (χ0n) is 12.2. The number of piperidine rings is 1. The van der Waals surface area contributed by atoms with Gasteiger partial charge >= 0.3 is 5.69 Å². The molecule has 0 atom stereocenters. The number of nitrogens with zero attached hydrogens (tertiary/aromatic N) is 2. The molecule has 0 bridgehead atoms. The minimum Gasteiger partial charge on any atom is -0.502 e. The molecule has 7 heteroatoms. The fourth-order valence-electron chi connectivity index (χ4n) is 3.40. The average molecular weight is 305 g/mol. The molecule has 0 aromatic heterocycles. The minimum atomic E-state index is -0.665. The van der Waals surface area contributed by atoms with Gasteiger partial charge in [-0.15, -0.1) is 0 Å². The standard InChI is InChI=1S/C15H19N3O4/c19-13-9-11(1-2-12(13)18(21)22)14(20)17-7-4-15(5-8-17)3-6-16-10-15/h1-2,9,16,19H,3-8,10H2. The second kappa shape index (κ2) is 5.57. The lowest BCUT2D eigenvalue weighted by Crippen LogP contribution is -2.44. The van der Waals surface area contributed by atoms with Crippen LogP contribution in [-0.4, -0.2) is 47.0 Å². The average Bonchev–Trinajstić information content (AvgIpc) is 2.95. The smallest absolute Gasteiger partial charge is 0.310 e. The van der Waals surface area contributed by atoms with E-state index in [4.69, 9.17) is 0 Å². The summed E-state index contributed by atoms with van der Waals surface area (Å²) < 4.78 is 0. The van der Waals surface area contributed by atoms with Gasteiger partial charge in [0, 0.05) is 31.3 Å². The molecule has 0 aliphatic carbocycles. The monoisotopic (exact) mass is 305 g/mol. The predicted molar refractivity (Wildman–Crippen MR) is 79.8 cm³/mol. The van der Waals surface area contributed by atoms with Gasteiger partial charge in [-0.25, -0.2) is 0 Å². The number of hydrogen-bond donors (Lipinski definition) is 2. The Morgan fingerprint density at radius 1 is 1.32 bits per heavy atom. The van der Waals surface area contributed by atoms with Gasteiger partial charge in [-0.1, -0.05) is 0 Å². The summed E-state index contributed by atoms with van der Waals surface area (Å²) in [5.41, 5.74) is 0.240. The molecule has 1 aromatic rings. The van der Waals surface area contributed by atoms with Crippen molar-refractivity contribution >= 4 is 11.6 Å². The molecular weight excluding hydrogens is 286 g/mol. The van der Waals surface area contributed by atoms with E-state index >= 15 is 0 Å². The Morgan fingerprint density at radius 3 is 2.59 bits per heavy atom. The highest BCUT2D eigenvalue weighted by atomic mass is 16.6. The second-order valence-electron chi connectivity index (χ2n) is 6.18. The Labute approximate surface area is 128 Å². The number of phenols is 1. The number of nitro benzene ring substituents is 1. The van der Waals surface area contributed by atoms with Crippen molar-refractivity contribution in [2.24, 2.45) is 5.41 Å². The van der Waals surface area contributed by atoms with E-state index in [1.807, 2.05) is 0 Å². The largest absolute Gasteiger partial charge is 0.502 e. The molecule has 1 spiro atoms. The van der Waals surface area contributed by atoms with Crippen LogP contribution in [0.25, 0.3) is 0 Å². The topological polar surface area (TPSA) is 95.7 Å². The first-order valence-electron chi connectivity index (χ1n) is 7.48. The highest BCUT2D eigenvalue weighted by Crippen LogP contribution is 2.37. The Kier molecular flexibility index (Phi) is 3.74. The maximum Gasteiger partial charge on any atom is 0.310 e. The number of rotatable bonds is 2. The van der Waals surface area contributed by atoms with Crippen molar-refractivity contribution in [3.05, 3.63) is 33.9 Å². The Morgan fingerprint density at radius 2 is 2.05 bits per heavy atom. The van der Waals surface area contributed by atoms with E-state index in [1.165, 1.54) is 18.2 Å². The predicted octanol–water partition coefficient (Wildman–Crippen LogP) is 1.52. The lowest BCUT2D eigenvalue weighted by atomic mass is 9.78.